The first kappa shape index (κ1) is 7.10. The van der Waals surface area contributed by atoms with Gasteiger partial charge < -0.3 is 10.2 Å². The molecule has 1 atom stereocenters. The summed E-state index contributed by atoms with van der Waals surface area (Å²) in [6.45, 7) is 0.604. The summed E-state index contributed by atoms with van der Waals surface area (Å²) in [5, 5.41) is 18.5. The third kappa shape index (κ3) is 0.775. The molecule has 0 fully saturated rings. The Hall–Kier alpha value is -1.01. The average Bonchev–Trinajstić information content (AvgIpc) is 2.19. The normalized spacial score (nSPS) is 32.5. The molecule has 0 aromatic carbocycles. The van der Waals surface area contributed by atoms with Crippen molar-refractivity contribution in [2.75, 3.05) is 13.6 Å². The largest absolute Gasteiger partial charge is 0.461 e. The van der Waals surface area contributed by atoms with E-state index in [2.05, 4.69) is 5.92 Å². The van der Waals surface area contributed by atoms with Crippen LogP contribution in [-0.4, -0.2) is 39.9 Å². The topological polar surface area (TPSA) is 43.5 Å². The van der Waals surface area contributed by atoms with Crippen molar-refractivity contribution in [1.82, 2.24) is 0 Å². The summed E-state index contributed by atoms with van der Waals surface area (Å²) in [4.78, 5) is 0. The third-order valence-electron chi connectivity index (χ3n) is 1.78. The van der Waals surface area contributed by atoms with Gasteiger partial charge >= 0.3 is 5.90 Å². The van der Waals surface area contributed by atoms with Gasteiger partial charge in [-0.1, -0.05) is 5.92 Å². The lowest BCUT2D eigenvalue weighted by Crippen LogP contribution is -2.34. The van der Waals surface area contributed by atoms with E-state index in [4.69, 9.17) is 11.5 Å². The Labute approximate surface area is 59.6 Å². The molecule has 0 amide bonds. The molecule has 0 saturated carbocycles. The number of hydrogen-bond acceptors (Lipinski definition) is 1. The van der Waals surface area contributed by atoms with Crippen LogP contribution < -0.4 is 0 Å². The van der Waals surface area contributed by atoms with Crippen molar-refractivity contribution in [3.8, 4) is 12.3 Å². The minimum absolute atomic E-state index is 0.116. The van der Waals surface area contributed by atoms with Crippen LogP contribution in [0.25, 0.3) is 0 Å². The molecule has 0 unspecified atom stereocenters. The van der Waals surface area contributed by atoms with E-state index in [-0.39, 0.29) is 5.90 Å². The number of terminal acetylenes is 1. The molecule has 3 nitrogen and oxygen atoms in total. The summed E-state index contributed by atoms with van der Waals surface area (Å²) < 4.78 is 1.54. The van der Waals surface area contributed by atoms with Crippen molar-refractivity contribution in [3.05, 3.63) is 0 Å². The first-order valence-corrected chi connectivity index (χ1v) is 3.08. The van der Waals surface area contributed by atoms with Gasteiger partial charge in [0.15, 0.2) is 6.54 Å². The Bertz CT molecular complexity index is 226. The molecule has 2 N–H and O–H groups in total. The summed E-state index contributed by atoms with van der Waals surface area (Å²) in [6.07, 6.45) is 5.42. The molecular weight excluding hydrogens is 130 g/mol. The highest BCUT2D eigenvalue weighted by molar-refractivity contribution is 5.83. The van der Waals surface area contributed by atoms with Crippen LogP contribution in [-0.2, 0) is 0 Å². The second kappa shape index (κ2) is 1.99. The van der Waals surface area contributed by atoms with Crippen molar-refractivity contribution >= 4 is 5.90 Å². The van der Waals surface area contributed by atoms with Gasteiger partial charge in [0, 0.05) is 0 Å². The Kier molecular flexibility index (Phi) is 1.42. The monoisotopic (exact) mass is 140 g/mol. The molecule has 1 heterocycles. The molecular formula is C7H10NO2+. The highest BCUT2D eigenvalue weighted by Crippen LogP contribution is 2.15. The fourth-order valence-corrected chi connectivity index (χ4v) is 1.000. The van der Waals surface area contributed by atoms with E-state index in [1.807, 2.05) is 0 Å². The van der Waals surface area contributed by atoms with Crippen LogP contribution in [0.2, 0.25) is 0 Å². The van der Waals surface area contributed by atoms with Crippen LogP contribution in [0.15, 0.2) is 0 Å². The fraction of sp³-hybridized carbons (Fsp3) is 0.571. The Morgan fingerprint density at radius 2 is 2.40 bits per heavy atom. The van der Waals surface area contributed by atoms with E-state index in [0.29, 0.717) is 13.0 Å². The van der Waals surface area contributed by atoms with Gasteiger partial charge in [0.1, 0.15) is 7.05 Å². The summed E-state index contributed by atoms with van der Waals surface area (Å²) in [7, 11) is 1.69. The number of hydrogen-bond donors (Lipinski definition) is 2. The van der Waals surface area contributed by atoms with E-state index in [1.165, 1.54) is 0 Å². The van der Waals surface area contributed by atoms with Gasteiger partial charge in [-0.3, -0.25) is 0 Å². The molecule has 0 aromatic heterocycles. The lowest BCUT2D eigenvalue weighted by atomic mass is 10.0. The maximum atomic E-state index is 9.37. The molecule has 0 aromatic rings. The summed E-state index contributed by atoms with van der Waals surface area (Å²) in [5.41, 5.74) is -1.41. The zero-order valence-electron chi connectivity index (χ0n) is 5.83. The predicted octanol–water partition coefficient (Wildman–Crippen LogP) is -0.647. The molecule has 0 aliphatic carbocycles. The number of nitrogens with zero attached hydrogens (tertiary/aromatic N) is 1. The van der Waals surface area contributed by atoms with Crippen LogP contribution in [0.1, 0.15) is 6.42 Å². The fourth-order valence-electron chi connectivity index (χ4n) is 1.000. The first-order chi connectivity index (χ1) is 4.60. The van der Waals surface area contributed by atoms with Crippen molar-refractivity contribution in [3.63, 3.8) is 0 Å². The van der Waals surface area contributed by atoms with Crippen LogP contribution in [0.3, 0.4) is 0 Å². The van der Waals surface area contributed by atoms with Crippen LogP contribution in [0, 0.1) is 12.3 Å². The summed E-state index contributed by atoms with van der Waals surface area (Å²) in [5.74, 6) is 2.03. The van der Waals surface area contributed by atoms with Crippen molar-refractivity contribution in [1.29, 1.82) is 0 Å². The van der Waals surface area contributed by atoms with Crippen molar-refractivity contribution < 1.29 is 14.8 Å². The zero-order valence-corrected chi connectivity index (χ0v) is 5.83. The third-order valence-corrected chi connectivity index (χ3v) is 1.78. The smallest absolute Gasteiger partial charge is 0.379 e. The highest BCUT2D eigenvalue weighted by atomic mass is 16.3. The van der Waals surface area contributed by atoms with Gasteiger partial charge in [0.25, 0.3) is 5.60 Å². The molecule has 3 heteroatoms. The quantitative estimate of drug-likeness (QED) is 0.347. The van der Waals surface area contributed by atoms with Crippen molar-refractivity contribution in [2.45, 2.75) is 12.0 Å². The molecule has 1 aliphatic heterocycles. The zero-order chi connectivity index (χ0) is 7.78. The van der Waals surface area contributed by atoms with Gasteiger partial charge in [-0.15, -0.1) is 6.42 Å². The predicted molar refractivity (Wildman–Crippen MR) is 37.1 cm³/mol. The second-order valence-corrected chi connectivity index (χ2v) is 2.50. The van der Waals surface area contributed by atoms with E-state index < -0.39 is 5.60 Å². The lowest BCUT2D eigenvalue weighted by molar-refractivity contribution is -0.496. The first-order valence-electron chi connectivity index (χ1n) is 3.08. The minimum atomic E-state index is -1.41. The molecule has 0 radical (unpaired) electrons. The molecule has 0 spiro atoms. The highest BCUT2D eigenvalue weighted by Gasteiger charge is 2.44. The Balaban J connectivity index is 2.99. The molecule has 1 aliphatic rings. The van der Waals surface area contributed by atoms with E-state index in [0.717, 1.165) is 0 Å². The van der Waals surface area contributed by atoms with E-state index >= 15 is 0 Å². The van der Waals surface area contributed by atoms with Gasteiger partial charge in [-0.25, -0.2) is 4.58 Å². The maximum absolute atomic E-state index is 9.37. The average molecular weight is 140 g/mol. The van der Waals surface area contributed by atoms with E-state index in [9.17, 15) is 5.11 Å². The number of aliphatic hydroxyl groups excluding tert-OH is 1. The van der Waals surface area contributed by atoms with E-state index in [1.54, 1.807) is 11.6 Å². The van der Waals surface area contributed by atoms with Crippen LogP contribution in [0.5, 0.6) is 0 Å². The summed E-state index contributed by atoms with van der Waals surface area (Å²) in [6, 6.07) is 0. The molecule has 0 saturated heterocycles. The lowest BCUT2D eigenvalue weighted by Gasteiger charge is -2.06. The number of rotatable bonds is 0. The van der Waals surface area contributed by atoms with Gasteiger partial charge in [0.2, 0.25) is 0 Å². The standard InChI is InChI=1S/C7H9NO2/c1-3-7(10)4-5-8(2)6(7)9/h1,10H,4-5H2,2H3/p+1/t7-/m0/s1. The van der Waals surface area contributed by atoms with Gasteiger partial charge in [-0.2, -0.15) is 0 Å². The SMILES string of the molecule is C#C[C@]1(O)CC[N+](C)=C1O. The molecule has 1 rings (SSSR count). The molecule has 10 heavy (non-hydrogen) atoms. The minimum Gasteiger partial charge on any atom is -0.461 e. The number of aliphatic hydroxyl groups is 2. The van der Waals surface area contributed by atoms with Gasteiger partial charge in [0.05, 0.1) is 6.42 Å². The second-order valence-electron chi connectivity index (χ2n) is 2.50. The van der Waals surface area contributed by atoms with Crippen LogP contribution >= 0.6 is 0 Å². The van der Waals surface area contributed by atoms with Gasteiger partial charge in [-0.05, 0) is 0 Å². The van der Waals surface area contributed by atoms with Crippen LogP contribution in [0.4, 0.5) is 0 Å². The summed E-state index contributed by atoms with van der Waals surface area (Å²) >= 11 is 0. The van der Waals surface area contributed by atoms with Crippen molar-refractivity contribution in [2.24, 2.45) is 0 Å². The maximum Gasteiger partial charge on any atom is 0.379 e. The Morgan fingerprint density at radius 3 is 2.60 bits per heavy atom. The molecule has 0 bridgehead atoms. The molecule has 54 valence electrons. The Morgan fingerprint density at radius 1 is 1.80 bits per heavy atom.